The average molecular weight is 402 g/mol. The third-order valence-corrected chi connectivity index (χ3v) is 4.64. The number of imidazole rings is 1. The third kappa shape index (κ3) is 4.19. The molecular formula is C19H26N6O4. The molecule has 0 radical (unpaired) electrons. The minimum Gasteiger partial charge on any atom is -0.463 e. The van der Waals surface area contributed by atoms with Crippen LogP contribution in [0.3, 0.4) is 0 Å². The summed E-state index contributed by atoms with van der Waals surface area (Å²) in [7, 11) is 1.55. The van der Waals surface area contributed by atoms with Crippen molar-refractivity contribution in [3.8, 4) is 17.9 Å². The van der Waals surface area contributed by atoms with Crippen molar-refractivity contribution < 1.29 is 14.3 Å². The van der Waals surface area contributed by atoms with Crippen LogP contribution < -0.4 is 20.5 Å². The van der Waals surface area contributed by atoms with Gasteiger partial charge in [-0.2, -0.15) is 9.97 Å². The third-order valence-electron chi connectivity index (χ3n) is 4.64. The SMILES string of the molecule is CC#CCn1c(N2CCNCC2)nc2nc(OC(C)C(=O)OCC)n(C)c(=O)c21. The maximum absolute atomic E-state index is 13.1. The largest absolute Gasteiger partial charge is 0.463 e. The minimum atomic E-state index is -0.897. The zero-order valence-electron chi connectivity index (χ0n) is 17.2. The molecule has 1 aliphatic rings. The lowest BCUT2D eigenvalue weighted by molar-refractivity contribution is -0.150. The first-order valence-corrected chi connectivity index (χ1v) is 9.63. The predicted octanol–water partition coefficient (Wildman–Crippen LogP) is -0.107. The molecule has 10 nitrogen and oxygen atoms in total. The normalized spacial score (nSPS) is 15.0. The molecule has 10 heteroatoms. The quantitative estimate of drug-likeness (QED) is 0.528. The fraction of sp³-hybridized carbons (Fsp3) is 0.579. The highest BCUT2D eigenvalue weighted by Crippen LogP contribution is 2.21. The van der Waals surface area contributed by atoms with Crippen LogP contribution in [0.2, 0.25) is 0 Å². The molecule has 0 spiro atoms. The molecule has 1 unspecified atom stereocenters. The molecule has 29 heavy (non-hydrogen) atoms. The number of anilines is 1. The number of rotatable bonds is 6. The highest BCUT2D eigenvalue weighted by Gasteiger charge is 2.25. The second-order valence-electron chi connectivity index (χ2n) is 6.60. The monoisotopic (exact) mass is 402 g/mol. The van der Waals surface area contributed by atoms with Gasteiger partial charge in [0, 0.05) is 33.2 Å². The van der Waals surface area contributed by atoms with Gasteiger partial charge in [0.2, 0.25) is 5.95 Å². The van der Waals surface area contributed by atoms with E-state index >= 15 is 0 Å². The molecule has 2 aromatic heterocycles. The molecule has 156 valence electrons. The highest BCUT2D eigenvalue weighted by molar-refractivity contribution is 5.76. The van der Waals surface area contributed by atoms with Crippen LogP contribution in [0.5, 0.6) is 6.01 Å². The highest BCUT2D eigenvalue weighted by atomic mass is 16.6. The van der Waals surface area contributed by atoms with Crippen LogP contribution in [-0.4, -0.2) is 64.0 Å². The molecule has 1 aliphatic heterocycles. The molecule has 0 aromatic carbocycles. The summed E-state index contributed by atoms with van der Waals surface area (Å²) in [6.07, 6.45) is -0.897. The maximum Gasteiger partial charge on any atom is 0.347 e. The predicted molar refractivity (Wildman–Crippen MR) is 108 cm³/mol. The van der Waals surface area contributed by atoms with Gasteiger partial charge in [-0.25, -0.2) is 4.79 Å². The van der Waals surface area contributed by atoms with Gasteiger partial charge in [-0.05, 0) is 20.8 Å². The molecule has 3 heterocycles. The summed E-state index contributed by atoms with van der Waals surface area (Å²) in [6.45, 7) is 8.81. The van der Waals surface area contributed by atoms with Gasteiger partial charge in [-0.1, -0.05) is 5.92 Å². The number of nitrogens with one attached hydrogen (secondary N) is 1. The van der Waals surface area contributed by atoms with Crippen molar-refractivity contribution in [2.24, 2.45) is 7.05 Å². The van der Waals surface area contributed by atoms with Crippen LogP contribution in [0.15, 0.2) is 4.79 Å². The van der Waals surface area contributed by atoms with Crippen LogP contribution in [0, 0.1) is 11.8 Å². The van der Waals surface area contributed by atoms with Gasteiger partial charge < -0.3 is 19.7 Å². The van der Waals surface area contributed by atoms with Crippen molar-refractivity contribution in [1.29, 1.82) is 0 Å². The molecule has 0 aliphatic carbocycles. The fourth-order valence-electron chi connectivity index (χ4n) is 3.11. The number of nitrogens with zero attached hydrogens (tertiary/aromatic N) is 5. The summed E-state index contributed by atoms with van der Waals surface area (Å²) in [5, 5.41) is 3.30. The first-order valence-electron chi connectivity index (χ1n) is 9.63. The Morgan fingerprint density at radius 3 is 2.69 bits per heavy atom. The molecule has 3 rings (SSSR count). The Morgan fingerprint density at radius 1 is 1.31 bits per heavy atom. The summed E-state index contributed by atoms with van der Waals surface area (Å²) in [4.78, 5) is 36.1. The summed E-state index contributed by atoms with van der Waals surface area (Å²) >= 11 is 0. The van der Waals surface area contributed by atoms with Crippen LogP contribution >= 0.6 is 0 Å². The number of carbonyl (C=O) groups excluding carboxylic acids is 1. The van der Waals surface area contributed by atoms with Gasteiger partial charge in [-0.15, -0.1) is 5.92 Å². The van der Waals surface area contributed by atoms with Gasteiger partial charge in [0.1, 0.15) is 0 Å². The van der Waals surface area contributed by atoms with Gasteiger partial charge in [0.05, 0.1) is 13.2 Å². The van der Waals surface area contributed by atoms with E-state index in [1.165, 1.54) is 4.57 Å². The van der Waals surface area contributed by atoms with Crippen molar-refractivity contribution in [3.05, 3.63) is 10.4 Å². The Balaban J connectivity index is 2.07. The molecule has 0 bridgehead atoms. The molecule has 1 atom stereocenters. The summed E-state index contributed by atoms with van der Waals surface area (Å²) in [5.74, 6) is 6.00. The number of ether oxygens (including phenoxy) is 2. The topological polar surface area (TPSA) is 104 Å². The Bertz CT molecular complexity index is 1010. The van der Waals surface area contributed by atoms with Gasteiger partial charge >= 0.3 is 12.0 Å². The van der Waals surface area contributed by atoms with E-state index in [4.69, 9.17) is 9.47 Å². The lowest BCUT2D eigenvalue weighted by Crippen LogP contribution is -2.44. The summed E-state index contributed by atoms with van der Waals surface area (Å²) in [6, 6.07) is 0.0149. The Morgan fingerprint density at radius 2 is 2.03 bits per heavy atom. The Hall–Kier alpha value is -3.06. The first kappa shape index (κ1) is 20.7. The van der Waals surface area contributed by atoms with Crippen LogP contribution in [-0.2, 0) is 23.1 Å². The van der Waals surface area contributed by atoms with Crippen molar-refractivity contribution >= 4 is 23.1 Å². The molecule has 2 aromatic rings. The van der Waals surface area contributed by atoms with E-state index in [-0.39, 0.29) is 23.8 Å². The van der Waals surface area contributed by atoms with Gasteiger partial charge in [0.15, 0.2) is 17.3 Å². The van der Waals surface area contributed by atoms with Gasteiger partial charge in [0.25, 0.3) is 5.56 Å². The molecule has 0 amide bonds. The average Bonchev–Trinajstić information content (AvgIpc) is 3.09. The smallest absolute Gasteiger partial charge is 0.347 e. The van der Waals surface area contributed by atoms with Crippen LogP contribution in [0.1, 0.15) is 20.8 Å². The molecule has 1 saturated heterocycles. The number of carbonyl (C=O) groups is 1. The van der Waals surface area contributed by atoms with E-state index in [1.54, 1.807) is 32.4 Å². The van der Waals surface area contributed by atoms with Crippen molar-refractivity contribution in [2.75, 3.05) is 37.7 Å². The van der Waals surface area contributed by atoms with Gasteiger partial charge in [-0.3, -0.25) is 13.9 Å². The first-order chi connectivity index (χ1) is 14.0. The lowest BCUT2D eigenvalue weighted by Gasteiger charge is -2.28. The second kappa shape index (κ2) is 8.96. The number of hydrogen-bond donors (Lipinski definition) is 1. The molecule has 1 N–H and O–H groups in total. The summed E-state index contributed by atoms with van der Waals surface area (Å²) < 4.78 is 13.6. The minimum absolute atomic E-state index is 0.0149. The zero-order valence-corrected chi connectivity index (χ0v) is 17.2. The maximum atomic E-state index is 13.1. The number of piperazine rings is 1. The Labute approximate surface area is 168 Å². The van der Waals surface area contributed by atoms with Crippen molar-refractivity contribution in [3.63, 3.8) is 0 Å². The number of hydrogen-bond acceptors (Lipinski definition) is 8. The van der Waals surface area contributed by atoms with E-state index in [1.807, 2.05) is 0 Å². The standard InChI is InChI=1S/C19H26N6O4/c1-5-7-10-25-14-15(21-18(25)24-11-8-20-9-12-24)22-19(23(4)16(14)26)29-13(3)17(27)28-6-2/h13,20H,6,8-12H2,1-4H3. The second-order valence-corrected chi connectivity index (χ2v) is 6.60. The number of aromatic nitrogens is 4. The Kier molecular flexibility index (Phi) is 6.39. The van der Waals surface area contributed by atoms with Crippen molar-refractivity contribution in [1.82, 2.24) is 24.4 Å². The number of fused-ring (bicyclic) bond motifs is 1. The molecular weight excluding hydrogens is 376 g/mol. The summed E-state index contributed by atoms with van der Waals surface area (Å²) in [5.41, 5.74) is 0.318. The molecule has 0 saturated carbocycles. The van der Waals surface area contributed by atoms with E-state index in [9.17, 15) is 9.59 Å². The lowest BCUT2D eigenvalue weighted by atomic mass is 10.4. The van der Waals surface area contributed by atoms with Crippen LogP contribution in [0.25, 0.3) is 11.2 Å². The van der Waals surface area contributed by atoms with E-state index < -0.39 is 12.1 Å². The van der Waals surface area contributed by atoms with E-state index in [0.717, 1.165) is 26.2 Å². The zero-order chi connectivity index (χ0) is 21.0. The van der Waals surface area contributed by atoms with Crippen molar-refractivity contribution in [2.45, 2.75) is 33.4 Å². The van der Waals surface area contributed by atoms with E-state index in [2.05, 4.69) is 32.0 Å². The fourth-order valence-corrected chi connectivity index (χ4v) is 3.11. The van der Waals surface area contributed by atoms with E-state index in [0.29, 0.717) is 18.0 Å². The molecule has 1 fully saturated rings. The van der Waals surface area contributed by atoms with Crippen LogP contribution in [0.4, 0.5) is 5.95 Å². The number of esters is 1.